The summed E-state index contributed by atoms with van der Waals surface area (Å²) in [6.45, 7) is 1.26. The molecule has 2 aromatic carbocycles. The minimum Gasteiger partial charge on any atom is -0.352 e. The van der Waals surface area contributed by atoms with Gasteiger partial charge >= 0.3 is 0 Å². The predicted molar refractivity (Wildman–Crippen MR) is 111 cm³/mol. The molecule has 150 valence electrons. The summed E-state index contributed by atoms with van der Waals surface area (Å²) in [7, 11) is 1.64. The van der Waals surface area contributed by atoms with E-state index in [1.807, 2.05) is 35.1 Å². The molecule has 3 rings (SSSR count). The van der Waals surface area contributed by atoms with Crippen molar-refractivity contribution in [3.8, 4) is 0 Å². The maximum absolute atomic E-state index is 12.9. The number of amides is 1. The molecule has 7 nitrogen and oxygen atoms in total. The molecule has 3 N–H and O–H groups in total. The molecule has 0 atom stereocenters. The van der Waals surface area contributed by atoms with E-state index in [-0.39, 0.29) is 18.3 Å². The molecule has 29 heavy (non-hydrogen) atoms. The van der Waals surface area contributed by atoms with Crippen molar-refractivity contribution in [1.29, 1.82) is 0 Å². The standard InChI is InChI=1S/C21H23FN6O/c1-23-21(25-14-20(29)27-19-9-7-18(22)8-10-19)24-13-16-5-2-3-6-17(16)15-28-12-4-11-26-28/h2-12H,13-15H2,1H3,(H,27,29)(H2,23,24,25). The van der Waals surface area contributed by atoms with E-state index < -0.39 is 0 Å². The summed E-state index contributed by atoms with van der Waals surface area (Å²) < 4.78 is 14.8. The van der Waals surface area contributed by atoms with Gasteiger partial charge in [-0.1, -0.05) is 24.3 Å². The number of nitrogens with zero attached hydrogens (tertiary/aromatic N) is 3. The van der Waals surface area contributed by atoms with Gasteiger partial charge in [0, 0.05) is 31.7 Å². The van der Waals surface area contributed by atoms with Crippen LogP contribution < -0.4 is 16.0 Å². The van der Waals surface area contributed by atoms with Crippen LogP contribution in [0, 0.1) is 5.82 Å². The Kier molecular flexibility index (Phi) is 6.94. The van der Waals surface area contributed by atoms with Gasteiger partial charge in [-0.25, -0.2) is 4.39 Å². The zero-order valence-electron chi connectivity index (χ0n) is 16.1. The first kappa shape index (κ1) is 20.1. The normalized spacial score (nSPS) is 11.2. The molecule has 0 aliphatic carbocycles. The molecule has 0 saturated carbocycles. The number of aliphatic imine (C=N–C) groups is 1. The molecule has 0 aliphatic rings. The molecule has 0 aliphatic heterocycles. The highest BCUT2D eigenvalue weighted by atomic mass is 19.1. The molecule has 0 spiro atoms. The first-order chi connectivity index (χ1) is 14.1. The second-order valence-electron chi connectivity index (χ2n) is 6.31. The van der Waals surface area contributed by atoms with Gasteiger partial charge in [-0.15, -0.1) is 0 Å². The molecule has 0 fully saturated rings. The average Bonchev–Trinajstić information content (AvgIpc) is 3.24. The lowest BCUT2D eigenvalue weighted by atomic mass is 10.1. The quantitative estimate of drug-likeness (QED) is 0.424. The number of guanidine groups is 1. The highest BCUT2D eigenvalue weighted by molar-refractivity contribution is 5.94. The second kappa shape index (κ2) is 10.0. The van der Waals surface area contributed by atoms with Crippen molar-refractivity contribution in [1.82, 2.24) is 20.4 Å². The van der Waals surface area contributed by atoms with E-state index in [1.165, 1.54) is 24.3 Å². The van der Waals surface area contributed by atoms with Gasteiger partial charge in [0.2, 0.25) is 5.91 Å². The predicted octanol–water partition coefficient (Wildman–Crippen LogP) is 2.37. The molecular weight excluding hydrogens is 371 g/mol. The van der Waals surface area contributed by atoms with E-state index >= 15 is 0 Å². The van der Waals surface area contributed by atoms with Crippen LogP contribution in [0.4, 0.5) is 10.1 Å². The van der Waals surface area contributed by atoms with Crippen molar-refractivity contribution < 1.29 is 9.18 Å². The van der Waals surface area contributed by atoms with Crippen LogP contribution in [0.1, 0.15) is 11.1 Å². The summed E-state index contributed by atoms with van der Waals surface area (Å²) in [6.07, 6.45) is 3.67. The second-order valence-corrected chi connectivity index (χ2v) is 6.31. The molecule has 0 bridgehead atoms. The van der Waals surface area contributed by atoms with Gasteiger partial charge in [0.05, 0.1) is 13.1 Å². The van der Waals surface area contributed by atoms with Crippen LogP contribution in [0.5, 0.6) is 0 Å². The highest BCUT2D eigenvalue weighted by Crippen LogP contribution is 2.10. The summed E-state index contributed by atoms with van der Waals surface area (Å²) in [4.78, 5) is 16.2. The van der Waals surface area contributed by atoms with Gasteiger partial charge in [0.25, 0.3) is 0 Å². The van der Waals surface area contributed by atoms with Crippen LogP contribution in [0.15, 0.2) is 72.0 Å². The van der Waals surface area contributed by atoms with Crippen LogP contribution in [0.3, 0.4) is 0 Å². The summed E-state index contributed by atoms with van der Waals surface area (Å²) in [6, 6.07) is 15.6. The van der Waals surface area contributed by atoms with E-state index in [4.69, 9.17) is 0 Å². The Labute approximate surface area is 168 Å². The number of halogens is 1. The zero-order valence-corrected chi connectivity index (χ0v) is 16.1. The molecule has 0 radical (unpaired) electrons. The smallest absolute Gasteiger partial charge is 0.243 e. The molecule has 1 amide bonds. The van der Waals surface area contributed by atoms with Gasteiger partial charge < -0.3 is 16.0 Å². The zero-order chi connectivity index (χ0) is 20.5. The summed E-state index contributed by atoms with van der Waals surface area (Å²) in [5.41, 5.74) is 2.80. The maximum atomic E-state index is 12.9. The van der Waals surface area contributed by atoms with E-state index in [0.29, 0.717) is 24.7 Å². The topological polar surface area (TPSA) is 83.3 Å². The summed E-state index contributed by atoms with van der Waals surface area (Å²) >= 11 is 0. The Morgan fingerprint density at radius 1 is 1.07 bits per heavy atom. The van der Waals surface area contributed by atoms with Gasteiger partial charge in [0.15, 0.2) is 5.96 Å². The Balaban J connectivity index is 1.50. The number of hydrogen-bond donors (Lipinski definition) is 3. The van der Waals surface area contributed by atoms with Crippen LogP contribution in [-0.2, 0) is 17.9 Å². The Hall–Kier alpha value is -3.68. The number of benzene rings is 2. The first-order valence-corrected chi connectivity index (χ1v) is 9.18. The average molecular weight is 394 g/mol. The third-order valence-electron chi connectivity index (χ3n) is 4.22. The fraction of sp³-hybridized carbons (Fsp3) is 0.190. The molecule has 0 saturated heterocycles. The summed E-state index contributed by atoms with van der Waals surface area (Å²) in [5, 5.41) is 13.1. The number of hydrogen-bond acceptors (Lipinski definition) is 3. The Morgan fingerprint density at radius 2 is 1.83 bits per heavy atom. The van der Waals surface area contributed by atoms with Crippen molar-refractivity contribution in [2.24, 2.45) is 4.99 Å². The third-order valence-corrected chi connectivity index (χ3v) is 4.22. The largest absolute Gasteiger partial charge is 0.352 e. The number of rotatable bonds is 7. The van der Waals surface area contributed by atoms with Gasteiger partial charge in [0.1, 0.15) is 5.82 Å². The van der Waals surface area contributed by atoms with Crippen molar-refractivity contribution >= 4 is 17.6 Å². The molecular formula is C21H23FN6O. The van der Waals surface area contributed by atoms with Gasteiger partial charge in [-0.2, -0.15) is 5.10 Å². The minimum absolute atomic E-state index is 0.0337. The fourth-order valence-corrected chi connectivity index (χ4v) is 2.75. The van der Waals surface area contributed by atoms with E-state index in [2.05, 4.69) is 32.1 Å². The van der Waals surface area contributed by atoms with Crippen LogP contribution in [-0.4, -0.2) is 35.2 Å². The van der Waals surface area contributed by atoms with Gasteiger partial charge in [-0.05, 0) is 41.5 Å². The van der Waals surface area contributed by atoms with Crippen molar-refractivity contribution in [3.05, 3.63) is 83.9 Å². The van der Waals surface area contributed by atoms with E-state index in [9.17, 15) is 9.18 Å². The van der Waals surface area contributed by atoms with Crippen molar-refractivity contribution in [3.63, 3.8) is 0 Å². The van der Waals surface area contributed by atoms with Crippen LogP contribution >= 0.6 is 0 Å². The van der Waals surface area contributed by atoms with Gasteiger partial charge in [-0.3, -0.25) is 14.5 Å². The highest BCUT2D eigenvalue weighted by Gasteiger charge is 2.07. The van der Waals surface area contributed by atoms with Crippen molar-refractivity contribution in [2.75, 3.05) is 18.9 Å². The van der Waals surface area contributed by atoms with Crippen LogP contribution in [0.2, 0.25) is 0 Å². The van der Waals surface area contributed by atoms with Crippen LogP contribution in [0.25, 0.3) is 0 Å². The third kappa shape index (κ3) is 6.17. The monoisotopic (exact) mass is 394 g/mol. The SMILES string of the molecule is CN=C(NCC(=O)Nc1ccc(F)cc1)NCc1ccccc1Cn1cccn1. The number of aromatic nitrogens is 2. The number of nitrogens with one attached hydrogen (secondary N) is 3. The van der Waals surface area contributed by atoms with E-state index in [1.54, 1.807) is 13.2 Å². The molecule has 0 unspecified atom stereocenters. The number of carbonyl (C=O) groups is 1. The lowest BCUT2D eigenvalue weighted by Gasteiger charge is -2.14. The first-order valence-electron chi connectivity index (χ1n) is 9.18. The lowest BCUT2D eigenvalue weighted by Crippen LogP contribution is -2.41. The minimum atomic E-state index is -0.349. The molecule has 8 heteroatoms. The number of anilines is 1. The van der Waals surface area contributed by atoms with E-state index in [0.717, 1.165) is 11.1 Å². The summed E-state index contributed by atoms with van der Waals surface area (Å²) in [5.74, 6) is -0.0923. The molecule has 1 heterocycles. The Bertz CT molecular complexity index is 954. The fourth-order valence-electron chi connectivity index (χ4n) is 2.75. The number of carbonyl (C=O) groups excluding carboxylic acids is 1. The maximum Gasteiger partial charge on any atom is 0.243 e. The molecule has 1 aromatic heterocycles. The molecule has 3 aromatic rings. The van der Waals surface area contributed by atoms with Crippen molar-refractivity contribution in [2.45, 2.75) is 13.1 Å². The Morgan fingerprint density at radius 3 is 2.52 bits per heavy atom. The lowest BCUT2D eigenvalue weighted by molar-refractivity contribution is -0.115.